The summed E-state index contributed by atoms with van der Waals surface area (Å²) in [7, 11) is 0.346. The zero-order valence-electron chi connectivity index (χ0n) is 20.5. The van der Waals surface area contributed by atoms with Crippen LogP contribution in [0.1, 0.15) is 24.0 Å². The van der Waals surface area contributed by atoms with E-state index < -0.39 is 10.0 Å². The Bertz CT molecular complexity index is 1310. The van der Waals surface area contributed by atoms with Gasteiger partial charge in [-0.1, -0.05) is 29.0 Å². The van der Waals surface area contributed by atoms with Crippen LogP contribution in [0.4, 0.5) is 5.13 Å². The third-order valence-corrected chi connectivity index (χ3v) is 9.73. The third-order valence-electron chi connectivity index (χ3n) is 6.33. The largest absolute Gasteiger partial charge is 0.308 e. The number of benzene rings is 2. The molecule has 35 heavy (non-hydrogen) atoms. The number of nitrogens with zero attached hydrogens (tertiary/aromatic N) is 4. The predicted octanol–water partition coefficient (Wildman–Crippen LogP) is 4.56. The second kappa shape index (κ2) is 10.5. The highest BCUT2D eigenvalue weighted by atomic mass is 35.5. The number of piperidine rings is 1. The topological polar surface area (TPSA) is 73.8 Å². The fraction of sp³-hybridized carbons (Fsp3) is 0.440. The number of carbonyl (C=O) groups is 1. The lowest BCUT2D eigenvalue weighted by Crippen LogP contribution is -2.46. The first kappa shape index (κ1) is 26.0. The number of thiazole rings is 1. The normalized spacial score (nSPS) is 15.7. The van der Waals surface area contributed by atoms with Crippen LogP contribution in [0.2, 0.25) is 5.02 Å². The molecule has 0 atom stereocenters. The molecule has 0 bridgehead atoms. The van der Waals surface area contributed by atoms with Gasteiger partial charge >= 0.3 is 0 Å². The van der Waals surface area contributed by atoms with E-state index >= 15 is 0 Å². The molecule has 7 nitrogen and oxygen atoms in total. The molecule has 1 saturated heterocycles. The van der Waals surface area contributed by atoms with Crippen molar-refractivity contribution < 1.29 is 13.2 Å². The summed E-state index contributed by atoms with van der Waals surface area (Å²) in [6, 6.07) is 10.4. The number of rotatable bonds is 7. The maximum atomic E-state index is 13.7. The van der Waals surface area contributed by atoms with Crippen molar-refractivity contribution in [2.75, 3.05) is 45.2 Å². The van der Waals surface area contributed by atoms with Gasteiger partial charge in [-0.05, 0) is 82.2 Å². The van der Waals surface area contributed by atoms with Gasteiger partial charge < -0.3 is 4.90 Å². The molecular formula is C25H31ClN4O3S2. The van der Waals surface area contributed by atoms with Crippen LogP contribution in [0.3, 0.4) is 0 Å². The van der Waals surface area contributed by atoms with Gasteiger partial charge in [-0.15, -0.1) is 0 Å². The van der Waals surface area contributed by atoms with Crippen LogP contribution in [0.25, 0.3) is 10.2 Å². The van der Waals surface area contributed by atoms with Gasteiger partial charge in [0.15, 0.2) is 5.13 Å². The lowest BCUT2D eigenvalue weighted by atomic mass is 9.96. The third kappa shape index (κ3) is 5.70. The van der Waals surface area contributed by atoms with E-state index in [1.54, 1.807) is 28.4 Å². The zero-order valence-corrected chi connectivity index (χ0v) is 22.9. The molecular weight excluding hydrogens is 504 g/mol. The quantitative estimate of drug-likeness (QED) is 0.444. The molecule has 10 heteroatoms. The molecule has 0 spiro atoms. The summed E-state index contributed by atoms with van der Waals surface area (Å²) >= 11 is 7.46. The standard InChI is InChI=1S/C25H31ClN4O3S2/c1-17-15-18(2)23-22(16-17)27-25(34-23)30(14-13-28(3)4)24(31)19-9-11-29(12-10-19)35(32,33)21-7-5-20(26)6-8-21/h5-8,15-16,19H,9-14H2,1-4H3. The number of carbonyl (C=O) groups excluding carboxylic acids is 1. The van der Waals surface area contributed by atoms with E-state index in [-0.39, 0.29) is 16.7 Å². The molecule has 1 aliphatic heterocycles. The van der Waals surface area contributed by atoms with Crippen LogP contribution < -0.4 is 4.90 Å². The van der Waals surface area contributed by atoms with Crippen molar-refractivity contribution in [3.8, 4) is 0 Å². The Morgan fingerprint density at radius 2 is 1.77 bits per heavy atom. The molecule has 1 aliphatic rings. The van der Waals surface area contributed by atoms with Gasteiger partial charge in [0, 0.05) is 37.1 Å². The fourth-order valence-corrected chi connectivity index (χ4v) is 7.04. The lowest BCUT2D eigenvalue weighted by Gasteiger charge is -2.33. The van der Waals surface area contributed by atoms with Crippen molar-refractivity contribution in [1.29, 1.82) is 0 Å². The molecule has 0 radical (unpaired) electrons. The van der Waals surface area contributed by atoms with Gasteiger partial charge in [0.05, 0.1) is 15.1 Å². The molecule has 1 fully saturated rings. The molecule has 0 N–H and O–H groups in total. The second-order valence-corrected chi connectivity index (χ2v) is 12.7. The van der Waals surface area contributed by atoms with E-state index in [0.29, 0.717) is 49.2 Å². The Balaban J connectivity index is 1.52. The Labute approximate surface area is 216 Å². The summed E-state index contributed by atoms with van der Waals surface area (Å²) in [6.07, 6.45) is 0.959. The van der Waals surface area contributed by atoms with E-state index in [4.69, 9.17) is 16.6 Å². The van der Waals surface area contributed by atoms with E-state index in [1.165, 1.54) is 16.4 Å². The number of hydrogen-bond acceptors (Lipinski definition) is 6. The molecule has 0 aliphatic carbocycles. The number of amides is 1. The van der Waals surface area contributed by atoms with E-state index in [2.05, 4.69) is 19.1 Å². The van der Waals surface area contributed by atoms with Gasteiger partial charge in [0.1, 0.15) is 0 Å². The van der Waals surface area contributed by atoms with Gasteiger partial charge in [-0.25, -0.2) is 13.4 Å². The molecule has 1 amide bonds. The van der Waals surface area contributed by atoms with Gasteiger partial charge in [0.2, 0.25) is 15.9 Å². The summed E-state index contributed by atoms with van der Waals surface area (Å²) in [6.45, 7) is 5.98. The van der Waals surface area contributed by atoms with Crippen LogP contribution in [0, 0.1) is 19.8 Å². The molecule has 2 aromatic carbocycles. The number of sulfonamides is 1. The first-order valence-corrected chi connectivity index (χ1v) is 14.3. The summed E-state index contributed by atoms with van der Waals surface area (Å²) in [5, 5.41) is 1.20. The van der Waals surface area contributed by atoms with Crippen LogP contribution in [-0.4, -0.2) is 68.8 Å². The second-order valence-electron chi connectivity index (χ2n) is 9.35. The van der Waals surface area contributed by atoms with Crippen molar-refractivity contribution in [2.45, 2.75) is 31.6 Å². The Morgan fingerprint density at radius 1 is 1.11 bits per heavy atom. The highest BCUT2D eigenvalue weighted by Gasteiger charge is 2.35. The summed E-state index contributed by atoms with van der Waals surface area (Å²) in [5.41, 5.74) is 3.21. The molecule has 188 valence electrons. The molecule has 0 unspecified atom stereocenters. The number of halogens is 1. The summed E-state index contributed by atoms with van der Waals surface area (Å²) in [5.74, 6) is -0.229. The SMILES string of the molecule is Cc1cc(C)c2sc(N(CCN(C)C)C(=O)C3CCN(S(=O)(=O)c4ccc(Cl)cc4)CC3)nc2c1. The molecule has 0 saturated carbocycles. The smallest absolute Gasteiger partial charge is 0.243 e. The van der Waals surface area contributed by atoms with Gasteiger partial charge in [-0.3, -0.25) is 9.69 Å². The lowest BCUT2D eigenvalue weighted by molar-refractivity contribution is -0.123. The van der Waals surface area contributed by atoms with Gasteiger partial charge in [-0.2, -0.15) is 4.31 Å². The monoisotopic (exact) mass is 534 g/mol. The van der Waals surface area contributed by atoms with Crippen molar-refractivity contribution in [3.05, 3.63) is 52.5 Å². The maximum absolute atomic E-state index is 13.7. The van der Waals surface area contributed by atoms with Crippen LogP contribution >= 0.6 is 22.9 Å². The highest BCUT2D eigenvalue weighted by Crippen LogP contribution is 2.34. The number of likely N-dealkylation sites (N-methyl/N-ethyl adjacent to an activating group) is 1. The first-order valence-electron chi connectivity index (χ1n) is 11.7. The Morgan fingerprint density at radius 3 is 2.40 bits per heavy atom. The summed E-state index contributed by atoms with van der Waals surface area (Å²) in [4.78, 5) is 22.6. The minimum absolute atomic E-state index is 0.0174. The van der Waals surface area contributed by atoms with E-state index in [0.717, 1.165) is 21.3 Å². The van der Waals surface area contributed by atoms with Crippen LogP contribution in [0.5, 0.6) is 0 Å². The maximum Gasteiger partial charge on any atom is 0.243 e. The van der Waals surface area contributed by atoms with Crippen molar-refractivity contribution in [2.24, 2.45) is 5.92 Å². The van der Waals surface area contributed by atoms with E-state index in [1.807, 2.05) is 25.9 Å². The van der Waals surface area contributed by atoms with Gasteiger partial charge in [0.25, 0.3) is 0 Å². The predicted molar refractivity (Wildman–Crippen MR) is 143 cm³/mol. The summed E-state index contributed by atoms with van der Waals surface area (Å²) < 4.78 is 28.6. The number of aryl methyl sites for hydroxylation is 2. The average Bonchev–Trinajstić information content (AvgIpc) is 3.23. The average molecular weight is 535 g/mol. The minimum Gasteiger partial charge on any atom is -0.308 e. The molecule has 2 heterocycles. The zero-order chi connectivity index (χ0) is 25.3. The van der Waals surface area contributed by atoms with Crippen LogP contribution in [0.15, 0.2) is 41.3 Å². The first-order chi connectivity index (χ1) is 16.6. The Hall–Kier alpha value is -2.04. The fourth-order valence-electron chi connectivity index (χ4n) is 4.40. The molecule has 4 rings (SSSR count). The number of anilines is 1. The van der Waals surface area contributed by atoms with E-state index in [9.17, 15) is 13.2 Å². The molecule has 3 aromatic rings. The molecule has 1 aromatic heterocycles. The number of aromatic nitrogens is 1. The van der Waals surface area contributed by atoms with Crippen LogP contribution in [-0.2, 0) is 14.8 Å². The Kier molecular flexibility index (Phi) is 7.83. The van der Waals surface area contributed by atoms with Crippen molar-refractivity contribution >= 4 is 54.2 Å². The number of hydrogen-bond donors (Lipinski definition) is 0. The van der Waals surface area contributed by atoms with Crippen molar-refractivity contribution in [1.82, 2.24) is 14.2 Å². The highest BCUT2D eigenvalue weighted by molar-refractivity contribution is 7.89. The number of fused-ring (bicyclic) bond motifs is 1. The van der Waals surface area contributed by atoms with Crippen molar-refractivity contribution in [3.63, 3.8) is 0 Å². The minimum atomic E-state index is -3.62.